The molecule has 5 atom stereocenters. The number of likely N-dealkylation sites (tertiary alicyclic amines) is 1. The summed E-state index contributed by atoms with van der Waals surface area (Å²) in [6, 6.07) is 6.03. The van der Waals surface area contributed by atoms with Gasteiger partial charge in [-0.1, -0.05) is 11.2 Å². The van der Waals surface area contributed by atoms with Gasteiger partial charge < -0.3 is 29.4 Å². The molecule has 53 heavy (non-hydrogen) atoms. The maximum atomic E-state index is 13.7. The number of anilines is 1. The number of nitrogens with two attached hydrogens (primary N) is 1. The number of amides is 1. The van der Waals surface area contributed by atoms with E-state index in [1.54, 1.807) is 24.9 Å². The van der Waals surface area contributed by atoms with Gasteiger partial charge in [0.1, 0.15) is 6.10 Å². The molecule has 5 unspecified atom stereocenters. The normalized spacial score (nSPS) is 26.1. The third-order valence-electron chi connectivity index (χ3n) is 12.3. The Morgan fingerprint density at radius 3 is 2.81 bits per heavy atom. The summed E-state index contributed by atoms with van der Waals surface area (Å²) < 4.78 is 26.2. The minimum atomic E-state index is -0.370. The lowest BCUT2D eigenvalue weighted by Crippen LogP contribution is -2.45. The number of likely N-dealkylation sites (N-methyl/N-ethyl adjacent to an activating group) is 1. The zero-order chi connectivity index (χ0) is 36.4. The molecular weight excluding hydrogens is 674 g/mol. The first-order valence-electron chi connectivity index (χ1n) is 18.9. The molecule has 1 aromatic carbocycles. The second-order valence-electron chi connectivity index (χ2n) is 15.2. The smallest absolute Gasteiger partial charge is 0.274 e. The van der Waals surface area contributed by atoms with Crippen molar-refractivity contribution in [2.45, 2.75) is 88.0 Å². The Balaban J connectivity index is 1.13. The number of aryl methyl sites for hydroxylation is 1. The first kappa shape index (κ1) is 34.1. The molecule has 14 nitrogen and oxygen atoms in total. The lowest BCUT2D eigenvalue weighted by molar-refractivity contribution is 0.0174. The lowest BCUT2D eigenvalue weighted by atomic mass is 9.68. The Labute approximate surface area is 308 Å². The van der Waals surface area contributed by atoms with Gasteiger partial charge in [0.2, 0.25) is 5.88 Å². The van der Waals surface area contributed by atoms with Gasteiger partial charge in [0.25, 0.3) is 5.91 Å². The van der Waals surface area contributed by atoms with Crippen LogP contribution in [0.25, 0.3) is 17.3 Å². The second-order valence-corrected chi connectivity index (χ2v) is 15.2. The van der Waals surface area contributed by atoms with Crippen LogP contribution >= 0.6 is 0 Å². The van der Waals surface area contributed by atoms with E-state index in [4.69, 9.17) is 44.7 Å². The molecule has 0 saturated carbocycles. The van der Waals surface area contributed by atoms with Gasteiger partial charge in [-0.15, -0.1) is 0 Å². The SMILES string of the molecule is CN=Cc1c(N)ccc2c1C1(CCCc3c(-c4nc(OC(C)C5C(OC)CCN5C)cc(-n5cc6c(n5)C(=O)N(C5CCOC5)CC6)n4)noc31)CC2. The van der Waals surface area contributed by atoms with Crippen LogP contribution in [0.3, 0.4) is 0 Å². The summed E-state index contributed by atoms with van der Waals surface area (Å²) in [6.45, 7) is 4.83. The minimum absolute atomic E-state index is 0.0393. The highest BCUT2D eigenvalue weighted by atomic mass is 16.5. The third-order valence-corrected chi connectivity index (χ3v) is 12.3. The van der Waals surface area contributed by atoms with Gasteiger partial charge in [-0.05, 0) is 82.5 Å². The van der Waals surface area contributed by atoms with Crippen LogP contribution in [0, 0.1) is 0 Å². The summed E-state index contributed by atoms with van der Waals surface area (Å²) in [4.78, 5) is 32.3. The molecule has 1 amide bonds. The van der Waals surface area contributed by atoms with Crippen LogP contribution in [0.2, 0.25) is 0 Å². The molecule has 2 saturated heterocycles. The molecule has 1 spiro atoms. The molecule has 14 heteroatoms. The maximum Gasteiger partial charge on any atom is 0.274 e. The summed E-state index contributed by atoms with van der Waals surface area (Å²) in [5, 5.41) is 9.54. The van der Waals surface area contributed by atoms with Crippen LogP contribution in [0.4, 0.5) is 5.69 Å². The Bertz CT molecular complexity index is 2090. The molecule has 2 N–H and O–H groups in total. The molecule has 3 aromatic heterocycles. The number of aromatic nitrogens is 5. The standard InChI is InChI=1S/C39H47N9O5/c1-22(35-29(50-4)11-15-46(35)3)52-31-18-30(48-20-24-10-16-47(25-12-17-51-21-25)38(49)33(24)44-48)42-37(43-31)34-26-6-5-13-39(36(26)53-45-34)14-9-23-7-8-28(40)27(19-41-2)32(23)39/h7-8,18-20,22,25,29,35H,5-6,9-17,21,40H2,1-4H3. The first-order chi connectivity index (χ1) is 25.8. The number of fused-ring (bicyclic) bond motifs is 5. The number of aliphatic imine (C=N–C) groups is 1. The molecule has 2 aliphatic carbocycles. The van der Waals surface area contributed by atoms with E-state index in [9.17, 15) is 4.79 Å². The highest BCUT2D eigenvalue weighted by molar-refractivity contribution is 5.95. The van der Waals surface area contributed by atoms with Gasteiger partial charge >= 0.3 is 0 Å². The van der Waals surface area contributed by atoms with Crippen LogP contribution in [0.15, 0.2) is 33.9 Å². The van der Waals surface area contributed by atoms with Gasteiger partial charge in [-0.3, -0.25) is 14.7 Å². The Hall–Kier alpha value is -4.66. The summed E-state index contributed by atoms with van der Waals surface area (Å²) in [7, 11) is 5.62. The number of nitrogen functional groups attached to an aromatic ring is 1. The van der Waals surface area contributed by atoms with E-state index in [2.05, 4.69) is 29.9 Å². The van der Waals surface area contributed by atoms with Crippen molar-refractivity contribution in [2.24, 2.45) is 4.99 Å². The fourth-order valence-corrected chi connectivity index (χ4v) is 9.74. The van der Waals surface area contributed by atoms with Crippen molar-refractivity contribution in [3.8, 4) is 23.2 Å². The molecule has 0 radical (unpaired) electrons. The average Bonchev–Trinajstić information content (AvgIpc) is 4.00. The monoisotopic (exact) mass is 721 g/mol. The highest BCUT2D eigenvalue weighted by Gasteiger charge is 2.49. The Morgan fingerprint density at radius 2 is 2.00 bits per heavy atom. The van der Waals surface area contributed by atoms with Crippen LogP contribution in [-0.2, 0) is 34.2 Å². The van der Waals surface area contributed by atoms with Crippen LogP contribution < -0.4 is 10.5 Å². The van der Waals surface area contributed by atoms with Gasteiger partial charge in [-0.25, -0.2) is 9.67 Å². The highest BCUT2D eigenvalue weighted by Crippen LogP contribution is 2.54. The van der Waals surface area contributed by atoms with E-state index in [1.165, 1.54) is 11.1 Å². The molecule has 0 bridgehead atoms. The molecule has 9 rings (SSSR count). The van der Waals surface area contributed by atoms with Crippen molar-refractivity contribution in [3.05, 3.63) is 63.7 Å². The largest absolute Gasteiger partial charge is 0.473 e. The van der Waals surface area contributed by atoms with Gasteiger partial charge in [0, 0.05) is 74.7 Å². The number of nitrogens with zero attached hydrogens (tertiary/aromatic N) is 8. The van der Waals surface area contributed by atoms with Crippen molar-refractivity contribution in [2.75, 3.05) is 53.2 Å². The van der Waals surface area contributed by atoms with E-state index in [0.29, 0.717) is 60.8 Å². The van der Waals surface area contributed by atoms with Crippen LogP contribution in [0.1, 0.15) is 83.1 Å². The van der Waals surface area contributed by atoms with E-state index >= 15 is 0 Å². The molecular formula is C39H47N9O5. The van der Waals surface area contributed by atoms with Gasteiger partial charge in [0.05, 0.1) is 30.2 Å². The number of methoxy groups -OCH3 is 1. The summed E-state index contributed by atoms with van der Waals surface area (Å²) >= 11 is 0. The van der Waals surface area contributed by atoms with Crippen molar-refractivity contribution in [1.82, 2.24) is 34.7 Å². The number of carbonyl (C=O) groups excluding carboxylic acids is 1. The number of carbonyl (C=O) groups is 1. The quantitative estimate of drug-likeness (QED) is 0.208. The molecule has 4 aromatic rings. The zero-order valence-corrected chi connectivity index (χ0v) is 30.9. The Kier molecular flexibility index (Phi) is 8.58. The fourth-order valence-electron chi connectivity index (χ4n) is 9.74. The fraction of sp³-hybridized carbons (Fsp3) is 0.538. The third kappa shape index (κ3) is 5.56. The molecule has 278 valence electrons. The Morgan fingerprint density at radius 1 is 1.11 bits per heavy atom. The molecule has 6 heterocycles. The molecule has 2 fully saturated rings. The molecule has 3 aliphatic heterocycles. The van der Waals surface area contributed by atoms with Gasteiger partial charge in [0.15, 0.2) is 28.8 Å². The van der Waals surface area contributed by atoms with Gasteiger partial charge in [-0.2, -0.15) is 10.1 Å². The van der Waals surface area contributed by atoms with Crippen LogP contribution in [0.5, 0.6) is 5.88 Å². The van der Waals surface area contributed by atoms with Crippen molar-refractivity contribution >= 4 is 17.8 Å². The number of rotatable bonds is 8. The van der Waals surface area contributed by atoms with E-state index in [0.717, 1.165) is 73.9 Å². The number of hydrogen-bond donors (Lipinski definition) is 1. The van der Waals surface area contributed by atoms with Crippen molar-refractivity contribution in [1.29, 1.82) is 0 Å². The minimum Gasteiger partial charge on any atom is -0.473 e. The average molecular weight is 722 g/mol. The zero-order valence-electron chi connectivity index (χ0n) is 30.9. The van der Waals surface area contributed by atoms with E-state index < -0.39 is 0 Å². The second kappa shape index (κ2) is 13.3. The van der Waals surface area contributed by atoms with Crippen molar-refractivity contribution in [3.63, 3.8) is 0 Å². The predicted molar refractivity (Wildman–Crippen MR) is 197 cm³/mol. The summed E-state index contributed by atoms with van der Waals surface area (Å²) in [5.74, 6) is 2.04. The van der Waals surface area contributed by atoms with Crippen molar-refractivity contribution < 1.29 is 23.5 Å². The maximum absolute atomic E-state index is 13.7. The number of ether oxygens (including phenoxy) is 3. The summed E-state index contributed by atoms with van der Waals surface area (Å²) in [5.41, 5.74) is 13.2. The van der Waals surface area contributed by atoms with E-state index in [1.807, 2.05) is 23.4 Å². The number of benzene rings is 1. The van der Waals surface area contributed by atoms with E-state index in [-0.39, 0.29) is 35.6 Å². The lowest BCUT2D eigenvalue weighted by Gasteiger charge is -2.33. The predicted octanol–water partition coefficient (Wildman–Crippen LogP) is 3.79. The van der Waals surface area contributed by atoms with Crippen LogP contribution in [-0.4, -0.2) is 119 Å². The number of hydrogen-bond acceptors (Lipinski definition) is 12. The first-order valence-corrected chi connectivity index (χ1v) is 18.9. The molecule has 5 aliphatic rings. The topological polar surface area (TPSA) is 159 Å². The summed E-state index contributed by atoms with van der Waals surface area (Å²) in [6.07, 6.45) is 10.5.